The van der Waals surface area contributed by atoms with E-state index in [4.69, 9.17) is 4.74 Å². The van der Waals surface area contributed by atoms with Gasteiger partial charge in [0.15, 0.2) is 5.03 Å². The van der Waals surface area contributed by atoms with Crippen molar-refractivity contribution in [3.63, 3.8) is 0 Å². The maximum absolute atomic E-state index is 12.2. The summed E-state index contributed by atoms with van der Waals surface area (Å²) in [6.45, 7) is 1.87. The summed E-state index contributed by atoms with van der Waals surface area (Å²) in [5, 5.41) is -0.0175. The van der Waals surface area contributed by atoms with Crippen LogP contribution in [0.15, 0.2) is 66.6 Å². The molecule has 0 spiro atoms. The first kappa shape index (κ1) is 17.7. The molecule has 4 rings (SSSR count). The van der Waals surface area contributed by atoms with Gasteiger partial charge >= 0.3 is 0 Å². The predicted octanol–water partition coefficient (Wildman–Crippen LogP) is 2.29. The van der Waals surface area contributed by atoms with Gasteiger partial charge in [-0.2, -0.15) is 8.42 Å². The first-order chi connectivity index (χ1) is 13.5. The Bertz CT molecular complexity index is 1190. The standard InChI is InChI=1S/C17H15N7O3S/c1-12-19-6-7-24(12)15-8-16(21-11-20-15)27-14-4-2-13(3-5-14)23-28(25,26)17-9-18-10-22-17/h2-11,23H,1H3,(H,18,22). The number of aromatic nitrogens is 6. The molecule has 0 aliphatic carbocycles. The van der Waals surface area contributed by atoms with Gasteiger partial charge in [0.1, 0.15) is 23.7 Å². The van der Waals surface area contributed by atoms with Crippen molar-refractivity contribution in [1.82, 2.24) is 29.5 Å². The van der Waals surface area contributed by atoms with E-state index in [1.54, 1.807) is 42.7 Å². The highest BCUT2D eigenvalue weighted by Crippen LogP contribution is 2.23. The second kappa shape index (κ2) is 7.12. The number of sulfonamides is 1. The maximum atomic E-state index is 12.2. The lowest BCUT2D eigenvalue weighted by molar-refractivity contribution is 0.461. The van der Waals surface area contributed by atoms with Crippen molar-refractivity contribution >= 4 is 15.7 Å². The molecule has 28 heavy (non-hydrogen) atoms. The fourth-order valence-electron chi connectivity index (χ4n) is 2.45. The highest BCUT2D eigenvalue weighted by Gasteiger charge is 2.15. The van der Waals surface area contributed by atoms with Crippen molar-refractivity contribution in [3.8, 4) is 17.4 Å². The van der Waals surface area contributed by atoms with Crippen LogP contribution in [0.5, 0.6) is 11.6 Å². The Morgan fingerprint density at radius 1 is 1.14 bits per heavy atom. The highest BCUT2D eigenvalue weighted by atomic mass is 32.2. The third kappa shape index (κ3) is 3.69. The number of benzene rings is 1. The summed E-state index contributed by atoms with van der Waals surface area (Å²) < 4.78 is 34.4. The quantitative estimate of drug-likeness (QED) is 0.511. The fraction of sp³-hybridized carbons (Fsp3) is 0.0588. The van der Waals surface area contributed by atoms with E-state index in [2.05, 4.69) is 29.6 Å². The second-order valence-electron chi connectivity index (χ2n) is 5.71. The van der Waals surface area contributed by atoms with Gasteiger partial charge in [-0.05, 0) is 31.2 Å². The first-order valence-corrected chi connectivity index (χ1v) is 9.61. The number of hydrogen-bond donors (Lipinski definition) is 2. The highest BCUT2D eigenvalue weighted by molar-refractivity contribution is 7.92. The van der Waals surface area contributed by atoms with Crippen LogP contribution >= 0.6 is 0 Å². The van der Waals surface area contributed by atoms with Gasteiger partial charge in [0.25, 0.3) is 10.0 Å². The molecule has 0 radical (unpaired) electrons. The summed E-state index contributed by atoms with van der Waals surface area (Å²) in [7, 11) is -3.71. The summed E-state index contributed by atoms with van der Waals surface area (Å²) in [5.74, 6) is 2.27. The third-order valence-corrected chi connectivity index (χ3v) is 5.10. The predicted molar refractivity (Wildman–Crippen MR) is 99.8 cm³/mol. The van der Waals surface area contributed by atoms with Gasteiger partial charge in [0.2, 0.25) is 5.88 Å². The van der Waals surface area contributed by atoms with Crippen molar-refractivity contribution in [2.75, 3.05) is 4.72 Å². The van der Waals surface area contributed by atoms with Gasteiger partial charge in [-0.1, -0.05) is 0 Å². The van der Waals surface area contributed by atoms with Crippen LogP contribution < -0.4 is 9.46 Å². The number of rotatable bonds is 6. The van der Waals surface area contributed by atoms with Crippen LogP contribution in [0.25, 0.3) is 5.82 Å². The summed E-state index contributed by atoms with van der Waals surface area (Å²) in [6, 6.07) is 8.13. The average Bonchev–Trinajstić information content (AvgIpc) is 3.35. The lowest BCUT2D eigenvalue weighted by Gasteiger charge is -2.09. The Labute approximate surface area is 160 Å². The van der Waals surface area contributed by atoms with E-state index in [1.807, 2.05) is 11.5 Å². The van der Waals surface area contributed by atoms with Crippen LogP contribution in [0.3, 0.4) is 0 Å². The third-order valence-electron chi connectivity index (χ3n) is 3.79. The monoisotopic (exact) mass is 397 g/mol. The molecule has 0 unspecified atom stereocenters. The van der Waals surface area contributed by atoms with Crippen LogP contribution in [0.4, 0.5) is 5.69 Å². The van der Waals surface area contributed by atoms with Gasteiger partial charge in [-0.15, -0.1) is 0 Å². The minimum Gasteiger partial charge on any atom is -0.439 e. The molecule has 3 aromatic heterocycles. The lowest BCUT2D eigenvalue weighted by Crippen LogP contribution is -2.13. The van der Waals surface area contributed by atoms with E-state index >= 15 is 0 Å². The lowest BCUT2D eigenvalue weighted by atomic mass is 10.3. The number of nitrogens with zero attached hydrogens (tertiary/aromatic N) is 5. The summed E-state index contributed by atoms with van der Waals surface area (Å²) in [5.41, 5.74) is 0.388. The number of aromatic amines is 1. The van der Waals surface area contributed by atoms with E-state index in [0.29, 0.717) is 23.1 Å². The number of nitrogens with one attached hydrogen (secondary N) is 2. The number of anilines is 1. The minimum absolute atomic E-state index is 0.0175. The van der Waals surface area contributed by atoms with Crippen molar-refractivity contribution in [1.29, 1.82) is 0 Å². The Kier molecular flexibility index (Phi) is 4.49. The molecule has 3 heterocycles. The number of aryl methyl sites for hydroxylation is 1. The molecule has 0 amide bonds. The fourth-order valence-corrected chi connectivity index (χ4v) is 3.41. The van der Waals surface area contributed by atoms with Crippen LogP contribution in [0.2, 0.25) is 0 Å². The summed E-state index contributed by atoms with van der Waals surface area (Å²) in [6.07, 6.45) is 7.40. The Morgan fingerprint density at radius 3 is 2.64 bits per heavy atom. The number of H-pyrrole nitrogens is 1. The molecule has 0 aliphatic rings. The molecule has 0 saturated carbocycles. The molecule has 0 bridgehead atoms. The average molecular weight is 397 g/mol. The van der Waals surface area contributed by atoms with Crippen molar-refractivity contribution in [2.45, 2.75) is 11.9 Å². The van der Waals surface area contributed by atoms with Crippen molar-refractivity contribution in [3.05, 3.63) is 67.4 Å². The number of imidazole rings is 2. The molecule has 0 fully saturated rings. The van der Waals surface area contributed by atoms with E-state index < -0.39 is 10.0 Å². The van der Waals surface area contributed by atoms with Gasteiger partial charge in [-0.25, -0.2) is 19.9 Å². The molecule has 0 aliphatic heterocycles. The SMILES string of the molecule is Cc1nccn1-c1cc(Oc2ccc(NS(=O)(=O)c3cnc[nH]3)cc2)ncn1. The van der Waals surface area contributed by atoms with Crippen LogP contribution in [-0.4, -0.2) is 37.9 Å². The van der Waals surface area contributed by atoms with Crippen LogP contribution in [0.1, 0.15) is 5.82 Å². The second-order valence-corrected chi connectivity index (χ2v) is 7.36. The van der Waals surface area contributed by atoms with Crippen LogP contribution in [0, 0.1) is 6.92 Å². The topological polar surface area (TPSA) is 128 Å². The number of ether oxygens (including phenoxy) is 1. The largest absolute Gasteiger partial charge is 0.439 e. The maximum Gasteiger partial charge on any atom is 0.278 e. The smallest absolute Gasteiger partial charge is 0.278 e. The van der Waals surface area contributed by atoms with Gasteiger partial charge in [0.05, 0.1) is 12.5 Å². The van der Waals surface area contributed by atoms with Crippen molar-refractivity contribution in [2.24, 2.45) is 0 Å². The minimum atomic E-state index is -3.71. The number of hydrogen-bond acceptors (Lipinski definition) is 7. The molecule has 11 heteroatoms. The van der Waals surface area contributed by atoms with E-state index in [9.17, 15) is 8.42 Å². The normalized spacial score (nSPS) is 11.3. The summed E-state index contributed by atoms with van der Waals surface area (Å²) >= 11 is 0. The van der Waals surface area contributed by atoms with E-state index in [-0.39, 0.29) is 5.03 Å². The summed E-state index contributed by atoms with van der Waals surface area (Å²) in [4.78, 5) is 18.7. The van der Waals surface area contributed by atoms with E-state index in [1.165, 1.54) is 18.9 Å². The van der Waals surface area contributed by atoms with Crippen molar-refractivity contribution < 1.29 is 13.2 Å². The molecule has 0 saturated heterocycles. The van der Waals surface area contributed by atoms with Gasteiger partial charge in [-0.3, -0.25) is 9.29 Å². The first-order valence-electron chi connectivity index (χ1n) is 8.13. The zero-order chi connectivity index (χ0) is 19.6. The van der Waals surface area contributed by atoms with Crippen LogP contribution in [-0.2, 0) is 10.0 Å². The van der Waals surface area contributed by atoms with E-state index in [0.717, 1.165) is 5.82 Å². The molecule has 0 atom stereocenters. The molecular formula is C17H15N7O3S. The van der Waals surface area contributed by atoms with Gasteiger partial charge < -0.3 is 9.72 Å². The van der Waals surface area contributed by atoms with Gasteiger partial charge in [0, 0.05) is 24.1 Å². The molecule has 142 valence electrons. The molecule has 1 aromatic carbocycles. The zero-order valence-corrected chi connectivity index (χ0v) is 15.5. The Balaban J connectivity index is 1.49. The molecular weight excluding hydrogens is 382 g/mol. The Morgan fingerprint density at radius 2 is 1.96 bits per heavy atom. The molecule has 2 N–H and O–H groups in total. The zero-order valence-electron chi connectivity index (χ0n) is 14.6. The molecule has 10 nitrogen and oxygen atoms in total. The Hall–Kier alpha value is -3.73. The molecule has 4 aromatic rings.